The van der Waals surface area contributed by atoms with Gasteiger partial charge in [0, 0.05) is 38.9 Å². The molecule has 1 saturated heterocycles. The van der Waals surface area contributed by atoms with Crippen LogP contribution in [0.2, 0.25) is 0 Å². The van der Waals surface area contributed by atoms with Gasteiger partial charge in [-0.15, -0.1) is 0 Å². The zero-order valence-electron chi connectivity index (χ0n) is 18.5. The quantitative estimate of drug-likeness (QED) is 0.692. The third-order valence-electron chi connectivity index (χ3n) is 6.29. The molecule has 2 fully saturated rings. The van der Waals surface area contributed by atoms with E-state index in [1.165, 1.54) is 19.3 Å². The Bertz CT molecular complexity index is 833. The molecule has 1 aromatic carbocycles. The van der Waals surface area contributed by atoms with E-state index in [-0.39, 0.29) is 5.91 Å². The lowest BCUT2D eigenvalue weighted by Gasteiger charge is -2.41. The topological polar surface area (TPSA) is 50.6 Å². The van der Waals surface area contributed by atoms with Crippen LogP contribution in [-0.4, -0.2) is 64.3 Å². The molecule has 1 aliphatic heterocycles. The number of piperidine rings is 1. The van der Waals surface area contributed by atoms with Gasteiger partial charge in [0.2, 0.25) is 0 Å². The summed E-state index contributed by atoms with van der Waals surface area (Å²) in [6.07, 6.45) is 10.1. The van der Waals surface area contributed by atoms with Gasteiger partial charge >= 0.3 is 0 Å². The molecule has 0 spiro atoms. The molecule has 4 rings (SSSR count). The highest BCUT2D eigenvalue weighted by molar-refractivity contribution is 5.93. The van der Waals surface area contributed by atoms with E-state index < -0.39 is 0 Å². The Labute approximate surface area is 179 Å². The monoisotopic (exact) mass is 410 g/mol. The SMILES string of the molecule is CC(C)CN(C)C(=O)c1cnn(-c2ccc(OC3CCN(C4CCC4)CC3)cc2)c1. The van der Waals surface area contributed by atoms with E-state index in [2.05, 4.69) is 23.8 Å². The van der Waals surface area contributed by atoms with Crippen LogP contribution in [0.5, 0.6) is 5.75 Å². The molecule has 2 heterocycles. The highest BCUT2D eigenvalue weighted by Gasteiger charge is 2.29. The van der Waals surface area contributed by atoms with Crippen molar-refractivity contribution < 1.29 is 9.53 Å². The van der Waals surface area contributed by atoms with Gasteiger partial charge in [0.15, 0.2) is 0 Å². The molecule has 1 saturated carbocycles. The van der Waals surface area contributed by atoms with Gasteiger partial charge in [-0.2, -0.15) is 5.10 Å². The van der Waals surface area contributed by atoms with Crippen LogP contribution in [0, 0.1) is 5.92 Å². The lowest BCUT2D eigenvalue weighted by molar-refractivity contribution is 0.0493. The number of carbonyl (C=O) groups is 1. The summed E-state index contributed by atoms with van der Waals surface area (Å²) in [4.78, 5) is 16.9. The molecule has 1 amide bonds. The summed E-state index contributed by atoms with van der Waals surface area (Å²) in [5.74, 6) is 1.34. The van der Waals surface area contributed by atoms with Gasteiger partial charge in [-0.25, -0.2) is 4.68 Å². The van der Waals surface area contributed by atoms with Crippen molar-refractivity contribution in [1.29, 1.82) is 0 Å². The molecule has 0 unspecified atom stereocenters. The van der Waals surface area contributed by atoms with Gasteiger partial charge in [0.25, 0.3) is 5.91 Å². The van der Waals surface area contributed by atoms with Gasteiger partial charge < -0.3 is 14.5 Å². The second-order valence-corrected chi connectivity index (χ2v) is 9.18. The van der Waals surface area contributed by atoms with E-state index in [1.807, 2.05) is 31.3 Å². The Kier molecular flexibility index (Phi) is 6.42. The first kappa shape index (κ1) is 20.9. The number of ether oxygens (including phenoxy) is 1. The molecule has 0 N–H and O–H groups in total. The molecule has 162 valence electrons. The Morgan fingerprint density at radius 3 is 2.47 bits per heavy atom. The fourth-order valence-corrected chi connectivity index (χ4v) is 4.41. The normalized spacial score (nSPS) is 18.4. The van der Waals surface area contributed by atoms with Crippen LogP contribution in [-0.2, 0) is 0 Å². The maximum absolute atomic E-state index is 12.5. The summed E-state index contributed by atoms with van der Waals surface area (Å²) < 4.78 is 7.97. The van der Waals surface area contributed by atoms with Gasteiger partial charge in [-0.05, 0) is 55.9 Å². The maximum Gasteiger partial charge on any atom is 0.256 e. The van der Waals surface area contributed by atoms with E-state index in [4.69, 9.17) is 4.74 Å². The standard InChI is InChI=1S/C24H34N4O2/c1-18(2)16-26(3)24(29)19-15-25-28(17-19)21-7-9-22(10-8-21)30-23-11-13-27(14-12-23)20-5-4-6-20/h7-10,15,17-18,20,23H,4-6,11-14,16H2,1-3H3. The van der Waals surface area contributed by atoms with Gasteiger partial charge in [-0.1, -0.05) is 20.3 Å². The highest BCUT2D eigenvalue weighted by Crippen LogP contribution is 2.28. The molecule has 2 aliphatic rings. The van der Waals surface area contributed by atoms with Crippen molar-refractivity contribution in [3.63, 3.8) is 0 Å². The van der Waals surface area contributed by atoms with Gasteiger partial charge in [0.1, 0.15) is 11.9 Å². The fourth-order valence-electron chi connectivity index (χ4n) is 4.41. The molecule has 1 aliphatic carbocycles. The van der Waals surface area contributed by atoms with E-state index >= 15 is 0 Å². The smallest absolute Gasteiger partial charge is 0.256 e. The maximum atomic E-state index is 12.5. The average molecular weight is 411 g/mol. The first-order valence-corrected chi connectivity index (χ1v) is 11.3. The molecular formula is C24H34N4O2. The first-order valence-electron chi connectivity index (χ1n) is 11.3. The number of nitrogens with zero attached hydrogens (tertiary/aromatic N) is 4. The molecule has 6 heteroatoms. The minimum atomic E-state index is 0.00291. The Hall–Kier alpha value is -2.34. The molecular weight excluding hydrogens is 376 g/mol. The van der Waals surface area contributed by atoms with E-state index in [0.29, 0.717) is 17.6 Å². The molecule has 6 nitrogen and oxygen atoms in total. The number of amides is 1. The van der Waals surface area contributed by atoms with E-state index in [9.17, 15) is 4.79 Å². The summed E-state index contributed by atoms with van der Waals surface area (Å²) in [6.45, 7) is 7.25. The third-order valence-corrected chi connectivity index (χ3v) is 6.29. The van der Waals surface area contributed by atoms with Crippen molar-refractivity contribution in [2.75, 3.05) is 26.7 Å². The minimum absolute atomic E-state index is 0.00291. The van der Waals surface area contributed by atoms with Crippen LogP contribution in [0.4, 0.5) is 0 Å². The van der Waals surface area contributed by atoms with Crippen molar-refractivity contribution in [2.45, 2.75) is 58.1 Å². The summed E-state index contributed by atoms with van der Waals surface area (Å²) in [5, 5.41) is 4.38. The number of hydrogen-bond acceptors (Lipinski definition) is 4. The van der Waals surface area contributed by atoms with Crippen molar-refractivity contribution in [2.24, 2.45) is 5.92 Å². The van der Waals surface area contributed by atoms with E-state index in [0.717, 1.165) is 50.0 Å². The Morgan fingerprint density at radius 1 is 1.17 bits per heavy atom. The largest absolute Gasteiger partial charge is 0.490 e. The fraction of sp³-hybridized carbons (Fsp3) is 0.583. The Balaban J connectivity index is 1.31. The number of hydrogen-bond donors (Lipinski definition) is 0. The molecule has 30 heavy (non-hydrogen) atoms. The summed E-state index contributed by atoms with van der Waals surface area (Å²) in [7, 11) is 1.84. The van der Waals surface area contributed by atoms with Crippen LogP contribution in [0.15, 0.2) is 36.7 Å². The lowest BCUT2D eigenvalue weighted by atomic mass is 9.90. The van der Waals surface area contributed by atoms with Crippen molar-refractivity contribution in [1.82, 2.24) is 19.6 Å². The van der Waals surface area contributed by atoms with Crippen LogP contribution in [0.25, 0.3) is 5.69 Å². The second kappa shape index (κ2) is 9.21. The number of aromatic nitrogens is 2. The zero-order valence-corrected chi connectivity index (χ0v) is 18.5. The predicted molar refractivity (Wildman–Crippen MR) is 118 cm³/mol. The molecule has 0 radical (unpaired) electrons. The van der Waals surface area contributed by atoms with Gasteiger partial charge in [-0.3, -0.25) is 4.79 Å². The second-order valence-electron chi connectivity index (χ2n) is 9.18. The number of rotatable bonds is 7. The highest BCUT2D eigenvalue weighted by atomic mass is 16.5. The number of benzene rings is 1. The summed E-state index contributed by atoms with van der Waals surface area (Å²) in [5.41, 5.74) is 1.53. The third kappa shape index (κ3) is 4.86. The zero-order chi connectivity index (χ0) is 21.1. The van der Waals surface area contributed by atoms with Crippen LogP contribution in [0.3, 0.4) is 0 Å². The van der Waals surface area contributed by atoms with Crippen LogP contribution < -0.4 is 4.74 Å². The minimum Gasteiger partial charge on any atom is -0.490 e. The van der Waals surface area contributed by atoms with Crippen molar-refractivity contribution in [3.05, 3.63) is 42.2 Å². The van der Waals surface area contributed by atoms with Crippen molar-refractivity contribution >= 4 is 5.91 Å². The molecule has 1 aromatic heterocycles. The summed E-state index contributed by atoms with van der Waals surface area (Å²) in [6, 6.07) is 8.83. The lowest BCUT2D eigenvalue weighted by Crippen LogP contribution is -2.46. The molecule has 0 atom stereocenters. The summed E-state index contributed by atoms with van der Waals surface area (Å²) >= 11 is 0. The number of likely N-dealkylation sites (tertiary alicyclic amines) is 1. The first-order chi connectivity index (χ1) is 14.5. The van der Waals surface area contributed by atoms with Crippen LogP contribution in [0.1, 0.15) is 56.3 Å². The predicted octanol–water partition coefficient (Wildman–Crippen LogP) is 4.00. The molecule has 0 bridgehead atoms. The average Bonchev–Trinajstić information content (AvgIpc) is 3.18. The van der Waals surface area contributed by atoms with Crippen molar-refractivity contribution in [3.8, 4) is 11.4 Å². The van der Waals surface area contributed by atoms with Gasteiger partial charge in [0.05, 0.1) is 17.4 Å². The number of carbonyl (C=O) groups excluding carboxylic acids is 1. The van der Waals surface area contributed by atoms with E-state index in [1.54, 1.807) is 22.0 Å². The van der Waals surface area contributed by atoms with Crippen LogP contribution >= 0.6 is 0 Å². The molecule has 2 aromatic rings. The Morgan fingerprint density at radius 2 is 1.87 bits per heavy atom.